The minimum Gasteiger partial charge on any atom is -0.484 e. The normalized spacial score (nSPS) is 14.7. The maximum Gasteiger partial charge on any atom is 0.134 e. The summed E-state index contributed by atoms with van der Waals surface area (Å²) in [6, 6.07) is 10.6. The van der Waals surface area contributed by atoms with Gasteiger partial charge < -0.3 is 10.1 Å². The molecule has 0 spiro atoms. The fraction of sp³-hybridized carbons (Fsp3) is 0.333. The van der Waals surface area contributed by atoms with Gasteiger partial charge in [0, 0.05) is 16.5 Å². The van der Waals surface area contributed by atoms with Crippen molar-refractivity contribution in [3.05, 3.63) is 51.0 Å². The van der Waals surface area contributed by atoms with Gasteiger partial charge in [0.25, 0.3) is 0 Å². The topological polar surface area (TPSA) is 21.3 Å². The van der Waals surface area contributed by atoms with Crippen molar-refractivity contribution < 1.29 is 4.74 Å². The molecule has 0 amide bonds. The van der Waals surface area contributed by atoms with E-state index < -0.39 is 0 Å². The van der Waals surface area contributed by atoms with Crippen LogP contribution in [0.25, 0.3) is 12.2 Å². The molecule has 0 aliphatic heterocycles. The minimum absolute atomic E-state index is 0.124. The molecule has 3 rings (SSSR count). The molecule has 1 atom stereocenters. The Morgan fingerprint density at radius 2 is 2.10 bits per heavy atom. The Morgan fingerprint density at radius 3 is 2.90 bits per heavy atom. The Balaban J connectivity index is 1.90. The lowest BCUT2D eigenvalue weighted by Crippen LogP contribution is -2.29. The smallest absolute Gasteiger partial charge is 0.134 e. The second-order valence-electron chi connectivity index (χ2n) is 5.26. The van der Waals surface area contributed by atoms with E-state index in [4.69, 9.17) is 4.74 Å². The summed E-state index contributed by atoms with van der Waals surface area (Å²) in [6.07, 6.45) is 7.94. The second-order valence-corrected chi connectivity index (χ2v) is 6.24. The maximum atomic E-state index is 6.38. The molecule has 21 heavy (non-hydrogen) atoms. The van der Waals surface area contributed by atoms with Crippen LogP contribution in [0.1, 0.15) is 30.2 Å². The van der Waals surface area contributed by atoms with Gasteiger partial charge in [-0.05, 0) is 49.2 Å². The van der Waals surface area contributed by atoms with Crippen molar-refractivity contribution >= 4 is 23.5 Å². The molecule has 0 unspecified atom stereocenters. The molecular weight excluding hydrogens is 278 g/mol. The standard InChI is InChI=1S/C18H21NOS/c1-19-12-11-17(18-10-5-13-21-18)20-16-9-4-7-14-6-2-3-8-15(14)16/h4-10,13,17,19H,2-3,11-12H2,1H3/t17-/m0/s1. The predicted molar refractivity (Wildman–Crippen MR) is 90.1 cm³/mol. The average Bonchev–Trinajstić information content (AvgIpc) is 3.06. The Bertz CT molecular complexity index is 691. The van der Waals surface area contributed by atoms with Crippen molar-refractivity contribution in [2.45, 2.75) is 25.4 Å². The Kier molecular flexibility index (Phi) is 4.73. The maximum absolute atomic E-state index is 6.38. The van der Waals surface area contributed by atoms with Crippen LogP contribution in [-0.4, -0.2) is 13.6 Å². The zero-order valence-corrected chi connectivity index (χ0v) is 13.2. The number of fused-ring (bicyclic) bond motifs is 1. The quantitative estimate of drug-likeness (QED) is 0.885. The molecule has 1 aliphatic rings. The van der Waals surface area contributed by atoms with Gasteiger partial charge >= 0.3 is 0 Å². The third-order valence-corrected chi connectivity index (χ3v) is 4.73. The lowest BCUT2D eigenvalue weighted by Gasteiger charge is -2.19. The van der Waals surface area contributed by atoms with Crippen LogP contribution in [0.4, 0.5) is 0 Å². The first-order chi connectivity index (χ1) is 10.4. The van der Waals surface area contributed by atoms with E-state index in [-0.39, 0.29) is 6.10 Å². The first kappa shape index (κ1) is 14.4. The number of hydrogen-bond donors (Lipinski definition) is 1. The highest BCUT2D eigenvalue weighted by atomic mass is 32.1. The summed E-state index contributed by atoms with van der Waals surface area (Å²) in [4.78, 5) is 1.29. The van der Waals surface area contributed by atoms with E-state index in [9.17, 15) is 0 Å². The van der Waals surface area contributed by atoms with Gasteiger partial charge in [0.2, 0.25) is 0 Å². The summed E-state index contributed by atoms with van der Waals surface area (Å²) in [6.45, 7) is 0.952. The van der Waals surface area contributed by atoms with E-state index in [0.29, 0.717) is 0 Å². The van der Waals surface area contributed by atoms with Crippen LogP contribution in [0.5, 0.6) is 5.75 Å². The molecule has 0 fully saturated rings. The Labute approximate surface area is 129 Å². The van der Waals surface area contributed by atoms with E-state index in [2.05, 4.69) is 53.2 Å². The first-order valence-corrected chi connectivity index (χ1v) is 8.40. The molecule has 1 aromatic carbocycles. The van der Waals surface area contributed by atoms with Crippen LogP contribution < -0.4 is 20.5 Å². The largest absolute Gasteiger partial charge is 0.484 e. The van der Waals surface area contributed by atoms with Gasteiger partial charge in [0.15, 0.2) is 0 Å². The number of ether oxygens (including phenoxy) is 1. The number of benzene rings is 1. The first-order valence-electron chi connectivity index (χ1n) is 7.52. The van der Waals surface area contributed by atoms with Crippen molar-refractivity contribution in [1.82, 2.24) is 5.32 Å². The highest BCUT2D eigenvalue weighted by Crippen LogP contribution is 2.26. The van der Waals surface area contributed by atoms with Crippen molar-refractivity contribution in [3.63, 3.8) is 0 Å². The SMILES string of the molecule is CNCC[C@H](Oc1cccc2c1=CCCC=2)c1cccs1. The Morgan fingerprint density at radius 1 is 1.19 bits per heavy atom. The van der Waals surface area contributed by atoms with E-state index >= 15 is 0 Å². The van der Waals surface area contributed by atoms with Crippen LogP contribution in [0.15, 0.2) is 35.7 Å². The highest BCUT2D eigenvalue weighted by molar-refractivity contribution is 7.10. The molecule has 3 heteroatoms. The molecule has 1 heterocycles. The zero-order valence-electron chi connectivity index (χ0n) is 12.3. The fourth-order valence-corrected chi connectivity index (χ4v) is 3.48. The molecule has 2 aromatic rings. The zero-order chi connectivity index (χ0) is 14.5. The van der Waals surface area contributed by atoms with Crippen LogP contribution in [0.3, 0.4) is 0 Å². The number of rotatable bonds is 6. The third kappa shape index (κ3) is 3.36. The molecule has 110 valence electrons. The van der Waals surface area contributed by atoms with Gasteiger partial charge in [-0.3, -0.25) is 0 Å². The molecular formula is C18H21NOS. The summed E-state index contributed by atoms with van der Waals surface area (Å²) < 4.78 is 6.38. The lowest BCUT2D eigenvalue weighted by molar-refractivity contribution is 0.197. The molecule has 0 bridgehead atoms. The third-order valence-electron chi connectivity index (χ3n) is 3.77. The van der Waals surface area contributed by atoms with E-state index in [1.807, 2.05) is 7.05 Å². The average molecular weight is 299 g/mol. The molecule has 0 saturated carbocycles. The van der Waals surface area contributed by atoms with Crippen molar-refractivity contribution in [1.29, 1.82) is 0 Å². The molecule has 2 nitrogen and oxygen atoms in total. The minimum atomic E-state index is 0.124. The summed E-state index contributed by atoms with van der Waals surface area (Å²) in [7, 11) is 1.98. The second kappa shape index (κ2) is 6.92. The van der Waals surface area contributed by atoms with E-state index in [0.717, 1.165) is 31.6 Å². The van der Waals surface area contributed by atoms with Crippen molar-refractivity contribution in [2.24, 2.45) is 0 Å². The fourth-order valence-electron chi connectivity index (χ4n) is 2.69. The molecule has 0 radical (unpaired) electrons. The summed E-state index contributed by atoms with van der Waals surface area (Å²) in [5.74, 6) is 1.01. The summed E-state index contributed by atoms with van der Waals surface area (Å²) in [5, 5.41) is 7.90. The molecule has 1 N–H and O–H groups in total. The summed E-state index contributed by atoms with van der Waals surface area (Å²) in [5.41, 5.74) is 0. The Hall–Kier alpha value is -1.58. The van der Waals surface area contributed by atoms with Gasteiger partial charge in [0.1, 0.15) is 11.9 Å². The highest BCUT2D eigenvalue weighted by Gasteiger charge is 2.15. The summed E-state index contributed by atoms with van der Waals surface area (Å²) >= 11 is 1.77. The number of nitrogens with one attached hydrogen (secondary N) is 1. The van der Waals surface area contributed by atoms with E-state index in [1.54, 1.807) is 11.3 Å². The van der Waals surface area contributed by atoms with E-state index in [1.165, 1.54) is 15.3 Å². The van der Waals surface area contributed by atoms with Gasteiger partial charge in [-0.1, -0.05) is 30.4 Å². The molecule has 0 saturated heterocycles. The predicted octanol–water partition coefficient (Wildman–Crippen LogP) is 2.83. The van der Waals surface area contributed by atoms with Crippen molar-refractivity contribution in [3.8, 4) is 5.75 Å². The number of hydrogen-bond acceptors (Lipinski definition) is 3. The van der Waals surface area contributed by atoms with Gasteiger partial charge in [0.05, 0.1) is 0 Å². The van der Waals surface area contributed by atoms with Crippen LogP contribution >= 0.6 is 11.3 Å². The van der Waals surface area contributed by atoms with Gasteiger partial charge in [-0.25, -0.2) is 0 Å². The number of thiophene rings is 1. The van der Waals surface area contributed by atoms with Crippen LogP contribution in [0.2, 0.25) is 0 Å². The van der Waals surface area contributed by atoms with Crippen molar-refractivity contribution in [2.75, 3.05) is 13.6 Å². The monoisotopic (exact) mass is 299 g/mol. The molecule has 1 aliphatic carbocycles. The van der Waals surface area contributed by atoms with Crippen LogP contribution in [-0.2, 0) is 0 Å². The lowest BCUT2D eigenvalue weighted by atomic mass is 10.1. The molecule has 1 aromatic heterocycles. The van der Waals surface area contributed by atoms with Gasteiger partial charge in [-0.15, -0.1) is 11.3 Å². The van der Waals surface area contributed by atoms with Crippen LogP contribution in [0, 0.1) is 0 Å². The van der Waals surface area contributed by atoms with Gasteiger partial charge in [-0.2, -0.15) is 0 Å².